The molecule has 2 rings (SSSR count). The van der Waals surface area contributed by atoms with Crippen LogP contribution in [0.1, 0.15) is 38.2 Å². The molecule has 7 nitrogen and oxygen atoms in total. The van der Waals surface area contributed by atoms with Crippen LogP contribution in [0, 0.1) is 15.5 Å². The van der Waals surface area contributed by atoms with E-state index < -0.39 is 0 Å². The number of aliphatic imine (C=N–C) groups is 1. The van der Waals surface area contributed by atoms with Crippen LogP contribution in [-0.2, 0) is 11.3 Å². The first kappa shape index (κ1) is 22.6. The Morgan fingerprint density at radius 1 is 1.35 bits per heavy atom. The Morgan fingerprint density at radius 2 is 2.08 bits per heavy atom. The SMILES string of the molecule is CCNC(=NCc1ccccc1[N+](=O)[O-])NCC1(CCOC)CCC1.I. The van der Waals surface area contributed by atoms with Crippen LogP contribution in [0.4, 0.5) is 5.69 Å². The third-order valence-electron chi connectivity index (χ3n) is 4.82. The molecule has 146 valence electrons. The number of nitro groups is 1. The summed E-state index contributed by atoms with van der Waals surface area (Å²) in [5, 5.41) is 17.7. The molecule has 0 aliphatic heterocycles. The second-order valence-electron chi connectivity index (χ2n) is 6.53. The van der Waals surface area contributed by atoms with Gasteiger partial charge in [-0.15, -0.1) is 24.0 Å². The van der Waals surface area contributed by atoms with Gasteiger partial charge in [-0.2, -0.15) is 0 Å². The minimum absolute atomic E-state index is 0. The fourth-order valence-corrected chi connectivity index (χ4v) is 3.11. The van der Waals surface area contributed by atoms with Crippen molar-refractivity contribution in [1.29, 1.82) is 0 Å². The van der Waals surface area contributed by atoms with E-state index in [1.54, 1.807) is 25.3 Å². The highest BCUT2D eigenvalue weighted by Crippen LogP contribution is 2.43. The van der Waals surface area contributed by atoms with E-state index in [4.69, 9.17) is 4.74 Å². The number of guanidine groups is 1. The number of methoxy groups -OCH3 is 1. The van der Waals surface area contributed by atoms with Crippen LogP contribution in [0.5, 0.6) is 0 Å². The van der Waals surface area contributed by atoms with Crippen LogP contribution in [0.15, 0.2) is 29.3 Å². The quantitative estimate of drug-likeness (QED) is 0.187. The van der Waals surface area contributed by atoms with Gasteiger partial charge in [-0.3, -0.25) is 10.1 Å². The first-order chi connectivity index (χ1) is 12.1. The molecule has 0 radical (unpaired) electrons. The van der Waals surface area contributed by atoms with E-state index in [9.17, 15) is 10.1 Å². The van der Waals surface area contributed by atoms with Crippen molar-refractivity contribution >= 4 is 35.6 Å². The molecule has 1 aliphatic carbocycles. The molecule has 1 aliphatic rings. The van der Waals surface area contributed by atoms with Crippen LogP contribution in [0.2, 0.25) is 0 Å². The molecule has 8 heteroatoms. The third kappa shape index (κ3) is 6.39. The van der Waals surface area contributed by atoms with Gasteiger partial charge in [0.25, 0.3) is 5.69 Å². The summed E-state index contributed by atoms with van der Waals surface area (Å²) in [5.74, 6) is 0.698. The fraction of sp³-hybridized carbons (Fsp3) is 0.611. The van der Waals surface area contributed by atoms with E-state index >= 15 is 0 Å². The topological polar surface area (TPSA) is 88.8 Å². The van der Waals surface area contributed by atoms with Crippen LogP contribution in [0.3, 0.4) is 0 Å². The van der Waals surface area contributed by atoms with Crippen molar-refractivity contribution in [2.24, 2.45) is 10.4 Å². The Labute approximate surface area is 172 Å². The summed E-state index contributed by atoms with van der Waals surface area (Å²) < 4.78 is 5.23. The van der Waals surface area contributed by atoms with Crippen molar-refractivity contribution < 1.29 is 9.66 Å². The summed E-state index contributed by atoms with van der Waals surface area (Å²) in [6.07, 6.45) is 4.70. The number of rotatable bonds is 9. The number of ether oxygens (including phenoxy) is 1. The lowest BCUT2D eigenvalue weighted by Crippen LogP contribution is -2.46. The lowest BCUT2D eigenvalue weighted by molar-refractivity contribution is -0.385. The standard InChI is InChI=1S/C18H28N4O3.HI/c1-3-19-17(21-14-18(9-6-10-18)11-12-25-2)20-13-15-7-4-5-8-16(15)22(23)24;/h4-5,7-8H,3,6,9-14H2,1-2H3,(H2,19,20,21);1H. The maximum Gasteiger partial charge on any atom is 0.274 e. The van der Waals surface area contributed by atoms with Crippen molar-refractivity contribution in [2.75, 3.05) is 26.8 Å². The molecule has 1 aromatic rings. The number of benzene rings is 1. The van der Waals surface area contributed by atoms with Gasteiger partial charge in [-0.1, -0.05) is 24.6 Å². The Balaban J connectivity index is 0.00000338. The molecule has 0 atom stereocenters. The minimum atomic E-state index is -0.362. The average Bonchev–Trinajstić information content (AvgIpc) is 2.58. The average molecular weight is 476 g/mol. The second kappa shape index (κ2) is 11.3. The van der Waals surface area contributed by atoms with Crippen molar-refractivity contribution in [2.45, 2.75) is 39.2 Å². The van der Waals surface area contributed by atoms with Crippen LogP contribution in [0.25, 0.3) is 0 Å². The van der Waals surface area contributed by atoms with Gasteiger partial charge in [-0.05, 0) is 31.6 Å². The number of nitro benzene ring substituents is 1. The van der Waals surface area contributed by atoms with Gasteiger partial charge in [0.2, 0.25) is 0 Å². The maximum absolute atomic E-state index is 11.1. The highest BCUT2D eigenvalue weighted by Gasteiger charge is 2.36. The van der Waals surface area contributed by atoms with Gasteiger partial charge in [-0.25, -0.2) is 4.99 Å². The maximum atomic E-state index is 11.1. The van der Waals surface area contributed by atoms with Crippen LogP contribution in [-0.4, -0.2) is 37.7 Å². The third-order valence-corrected chi connectivity index (χ3v) is 4.82. The predicted molar refractivity (Wildman–Crippen MR) is 114 cm³/mol. The molecule has 0 amide bonds. The number of nitrogens with one attached hydrogen (secondary N) is 2. The molecular weight excluding hydrogens is 447 g/mol. The zero-order valence-corrected chi connectivity index (χ0v) is 17.8. The molecule has 26 heavy (non-hydrogen) atoms. The fourth-order valence-electron chi connectivity index (χ4n) is 3.11. The van der Waals surface area contributed by atoms with Gasteiger partial charge in [0.15, 0.2) is 5.96 Å². The minimum Gasteiger partial charge on any atom is -0.385 e. The van der Waals surface area contributed by atoms with Crippen molar-refractivity contribution in [3.63, 3.8) is 0 Å². The summed E-state index contributed by atoms with van der Waals surface area (Å²) in [4.78, 5) is 15.3. The summed E-state index contributed by atoms with van der Waals surface area (Å²) in [5.41, 5.74) is 1.00. The highest BCUT2D eigenvalue weighted by atomic mass is 127. The first-order valence-electron chi connectivity index (χ1n) is 8.83. The Hall–Kier alpha value is -1.42. The molecule has 0 heterocycles. The summed E-state index contributed by atoms with van der Waals surface area (Å²) in [7, 11) is 1.73. The summed E-state index contributed by atoms with van der Waals surface area (Å²) >= 11 is 0. The van der Waals surface area contributed by atoms with Gasteiger partial charge in [0.05, 0.1) is 17.0 Å². The number of nitrogens with zero attached hydrogens (tertiary/aromatic N) is 2. The van der Waals surface area contributed by atoms with Crippen molar-refractivity contribution in [1.82, 2.24) is 10.6 Å². The molecule has 0 aromatic heterocycles. The van der Waals surface area contributed by atoms with E-state index in [1.165, 1.54) is 25.3 Å². The second-order valence-corrected chi connectivity index (χ2v) is 6.53. The largest absolute Gasteiger partial charge is 0.385 e. The number of hydrogen-bond donors (Lipinski definition) is 2. The summed E-state index contributed by atoms with van der Waals surface area (Å²) in [6, 6.07) is 6.73. The normalized spacial score (nSPS) is 15.5. The van der Waals surface area contributed by atoms with E-state index in [0.717, 1.165) is 26.1 Å². The Bertz CT molecular complexity index is 606. The molecular formula is C18H29IN4O3. The Kier molecular flexibility index (Phi) is 9.85. The van der Waals surface area contributed by atoms with Gasteiger partial charge in [0.1, 0.15) is 0 Å². The Morgan fingerprint density at radius 3 is 2.65 bits per heavy atom. The van der Waals surface area contributed by atoms with Crippen LogP contribution < -0.4 is 10.6 Å². The predicted octanol–water partition coefficient (Wildman–Crippen LogP) is 3.47. The van der Waals surface area contributed by atoms with Crippen molar-refractivity contribution in [3.05, 3.63) is 39.9 Å². The molecule has 0 saturated heterocycles. The lowest BCUT2D eigenvalue weighted by Gasteiger charge is -2.42. The monoisotopic (exact) mass is 476 g/mol. The number of hydrogen-bond acceptors (Lipinski definition) is 4. The van der Waals surface area contributed by atoms with Gasteiger partial charge >= 0.3 is 0 Å². The highest BCUT2D eigenvalue weighted by molar-refractivity contribution is 14.0. The van der Waals surface area contributed by atoms with Crippen LogP contribution >= 0.6 is 24.0 Å². The summed E-state index contributed by atoms with van der Waals surface area (Å²) in [6.45, 7) is 4.64. The number of para-hydroxylation sites is 1. The van der Waals surface area contributed by atoms with E-state index in [1.807, 2.05) is 6.92 Å². The molecule has 0 bridgehead atoms. The smallest absolute Gasteiger partial charge is 0.274 e. The van der Waals surface area contributed by atoms with E-state index in [2.05, 4.69) is 15.6 Å². The molecule has 0 unspecified atom stereocenters. The number of halogens is 1. The zero-order chi connectivity index (χ0) is 18.1. The molecule has 1 aromatic carbocycles. The lowest BCUT2D eigenvalue weighted by atomic mass is 9.67. The van der Waals surface area contributed by atoms with E-state index in [-0.39, 0.29) is 46.5 Å². The first-order valence-corrected chi connectivity index (χ1v) is 8.83. The van der Waals surface area contributed by atoms with Crippen molar-refractivity contribution in [3.8, 4) is 0 Å². The zero-order valence-electron chi connectivity index (χ0n) is 15.5. The van der Waals surface area contributed by atoms with Gasteiger partial charge in [0, 0.05) is 32.9 Å². The molecule has 1 saturated carbocycles. The molecule has 0 spiro atoms. The van der Waals surface area contributed by atoms with Gasteiger partial charge < -0.3 is 15.4 Å². The molecule has 1 fully saturated rings. The van der Waals surface area contributed by atoms with E-state index in [0.29, 0.717) is 11.5 Å². The molecule has 2 N–H and O–H groups in total.